The summed E-state index contributed by atoms with van der Waals surface area (Å²) in [5.74, 6) is -23.8. The fourth-order valence-electron chi connectivity index (χ4n) is 6.62. The maximum absolute atomic E-state index is 13.4. The normalized spacial score (nSPS) is 13.5. The van der Waals surface area contributed by atoms with E-state index in [-0.39, 0.29) is 30.8 Å². The first-order chi connectivity index (χ1) is 39.9. The second-order valence-electron chi connectivity index (χ2n) is 19.2. The van der Waals surface area contributed by atoms with E-state index in [2.05, 4.69) is 6.58 Å². The Labute approximate surface area is 490 Å². The number of hydrogen-bond acceptors (Lipinski definition) is 29. The molecule has 476 valence electrons. The summed E-state index contributed by atoms with van der Waals surface area (Å²) < 4.78 is 60.7. The van der Waals surface area contributed by atoms with Gasteiger partial charge in [-0.15, -0.1) is 0 Å². The van der Waals surface area contributed by atoms with Gasteiger partial charge in [0, 0.05) is 38.5 Å². The summed E-state index contributed by atoms with van der Waals surface area (Å²) in [6, 6.07) is 0. The van der Waals surface area contributed by atoms with E-state index >= 15 is 0 Å². The van der Waals surface area contributed by atoms with Gasteiger partial charge in [0.1, 0.15) is 90.7 Å². The van der Waals surface area contributed by atoms with Gasteiger partial charge in [0.25, 0.3) is 0 Å². The average Bonchev–Trinajstić information content (AvgIpc) is 3.55. The van der Waals surface area contributed by atoms with E-state index in [1.54, 1.807) is 13.8 Å². The van der Waals surface area contributed by atoms with Crippen molar-refractivity contribution in [2.24, 2.45) is 35.5 Å². The molecule has 0 aromatic carbocycles. The van der Waals surface area contributed by atoms with E-state index in [4.69, 9.17) is 56.8 Å². The molecule has 0 aromatic heterocycles. The molecule has 0 N–H and O–H groups in total. The van der Waals surface area contributed by atoms with Crippen LogP contribution in [0.3, 0.4) is 0 Å². The highest BCUT2D eigenvalue weighted by Crippen LogP contribution is 2.20. The number of allylic oxidation sites excluding steroid dienone is 1. The number of Topliss-reactive ketones (excluding diaryl/α,β-unsaturated/α-hetero) is 6. The Bertz CT molecular complexity index is 2240. The van der Waals surface area contributed by atoms with E-state index in [9.17, 15) is 81.5 Å². The smallest absolute Gasteiger partial charge is 0.317 e. The molecule has 0 fully saturated rings. The minimum atomic E-state index is -1.70. The number of hydrogen-bond donors (Lipinski definition) is 0. The summed E-state index contributed by atoms with van der Waals surface area (Å²) in [7, 11) is 0. The van der Waals surface area contributed by atoms with Crippen molar-refractivity contribution < 1.29 is 138 Å². The highest BCUT2D eigenvalue weighted by atomic mass is 16.7. The van der Waals surface area contributed by atoms with Crippen LogP contribution >= 0.6 is 0 Å². The highest BCUT2D eigenvalue weighted by molar-refractivity contribution is 6.00. The summed E-state index contributed by atoms with van der Waals surface area (Å²) in [6.45, 7) is 10.7. The van der Waals surface area contributed by atoms with Crippen molar-refractivity contribution >= 4 is 100 Å². The van der Waals surface area contributed by atoms with Gasteiger partial charge in [-0.05, 0) is 93.9 Å². The van der Waals surface area contributed by atoms with Gasteiger partial charge in [0.15, 0.2) is 12.2 Å². The van der Waals surface area contributed by atoms with Crippen LogP contribution in [0.2, 0.25) is 0 Å². The van der Waals surface area contributed by atoms with Crippen molar-refractivity contribution in [2.45, 2.75) is 158 Å². The van der Waals surface area contributed by atoms with Crippen molar-refractivity contribution in [2.75, 3.05) is 46.8 Å². The molecule has 0 saturated carbocycles. The van der Waals surface area contributed by atoms with Crippen LogP contribution in [0.1, 0.15) is 146 Å². The van der Waals surface area contributed by atoms with Crippen LogP contribution < -0.4 is 0 Å². The zero-order valence-corrected chi connectivity index (χ0v) is 49.6. The molecule has 0 saturated heterocycles. The Morgan fingerprint density at radius 2 is 0.553 bits per heavy atom. The first kappa shape index (κ1) is 76.7. The van der Waals surface area contributed by atoms with Crippen LogP contribution in [0, 0.1) is 35.5 Å². The SMILES string of the molecule is C=C(OCC(COC(=O)C(CCC(=O)OCOC(=O)CCC)C(C)=O)OC(=O)C(CCC(=O)OCOC(=O)CCC(C(C)=O)C(=O)OC(COC(=O)C(C)C(C)=O)COC(=O)C(CCC(=O)OCOC(=O)CCC)C(C)=O)C(C)=O)C(C)C(C)=O. The molecular weight excluding hydrogens is 1140 g/mol. The molecule has 29 heteroatoms. The fraction of sp³-hybridized carbons (Fsp3) is 0.661. The minimum Gasteiger partial charge on any atom is -0.494 e. The Kier molecular flexibility index (Phi) is 37.6. The molecule has 0 spiro atoms. The second kappa shape index (κ2) is 41.7. The summed E-state index contributed by atoms with van der Waals surface area (Å²) in [6.07, 6.45) is -6.22. The highest BCUT2D eigenvalue weighted by Gasteiger charge is 2.35. The van der Waals surface area contributed by atoms with Crippen molar-refractivity contribution in [3.05, 3.63) is 12.3 Å². The zero-order chi connectivity index (χ0) is 64.9. The topological polar surface area (TPSA) is 401 Å². The van der Waals surface area contributed by atoms with E-state index in [0.29, 0.717) is 12.8 Å². The van der Waals surface area contributed by atoms with E-state index in [0.717, 1.165) is 34.6 Å². The molecular formula is C56H78O29. The van der Waals surface area contributed by atoms with Gasteiger partial charge in [-0.1, -0.05) is 20.4 Å². The van der Waals surface area contributed by atoms with Crippen molar-refractivity contribution in [1.82, 2.24) is 0 Å². The molecule has 0 aromatic rings. The van der Waals surface area contributed by atoms with Crippen molar-refractivity contribution in [3.63, 3.8) is 0 Å². The summed E-state index contributed by atoms with van der Waals surface area (Å²) in [5, 5.41) is 0. The Hall–Kier alpha value is -8.27. The van der Waals surface area contributed by atoms with Gasteiger partial charge >= 0.3 is 65.7 Å². The van der Waals surface area contributed by atoms with Gasteiger partial charge < -0.3 is 56.8 Å². The molecule has 0 aliphatic heterocycles. The standard InChI is InChI=1S/C56H78O29/c1-12-14-46(63)78-28-80-48(65)20-16-42(35(7)59)53(70)76-26-40(24-74-39(11)31(3)33(5)57)84-55(72)44(37(9)61)18-22-50(67)82-30-83-51(68)23-19-45(38(10)62)56(73)85-41(25-75-52(69)32(4)34(6)58)27-77-54(71)43(36(8)60)17-21-49(66)81-29-79-47(64)15-13-2/h31-32,40-45H,11-30H2,1-10H3. The molecule has 29 nitrogen and oxygen atoms in total. The Morgan fingerprint density at radius 3 is 0.812 bits per heavy atom. The van der Waals surface area contributed by atoms with Gasteiger partial charge in [-0.25, -0.2) is 0 Å². The predicted molar refractivity (Wildman–Crippen MR) is 282 cm³/mol. The molecule has 85 heavy (non-hydrogen) atoms. The Balaban J connectivity index is 5.76. The quantitative estimate of drug-likeness (QED) is 0.0278. The third kappa shape index (κ3) is 33.0. The molecule has 0 bridgehead atoms. The minimum absolute atomic E-state index is 0.0702. The van der Waals surface area contributed by atoms with Crippen molar-refractivity contribution in [3.8, 4) is 0 Å². The third-order valence-electron chi connectivity index (χ3n) is 12.2. The molecule has 0 heterocycles. The number of ketones is 6. The Morgan fingerprint density at radius 1 is 0.306 bits per heavy atom. The summed E-state index contributed by atoms with van der Waals surface area (Å²) >= 11 is 0. The lowest BCUT2D eigenvalue weighted by Crippen LogP contribution is -2.37. The van der Waals surface area contributed by atoms with E-state index in [1.807, 2.05) is 0 Å². The molecule has 8 atom stereocenters. The van der Waals surface area contributed by atoms with Crippen LogP contribution in [-0.2, 0) is 138 Å². The first-order valence-electron chi connectivity index (χ1n) is 27.1. The lowest BCUT2D eigenvalue weighted by Gasteiger charge is -2.23. The number of carbonyl (C=O) groups is 17. The van der Waals surface area contributed by atoms with Crippen LogP contribution in [0.15, 0.2) is 12.3 Å². The van der Waals surface area contributed by atoms with E-state index in [1.165, 1.54) is 20.8 Å². The largest absolute Gasteiger partial charge is 0.494 e. The fourth-order valence-corrected chi connectivity index (χ4v) is 6.62. The average molecular weight is 1220 g/mol. The first-order valence-corrected chi connectivity index (χ1v) is 27.1. The van der Waals surface area contributed by atoms with Crippen LogP contribution in [-0.4, -0.2) is 159 Å². The van der Waals surface area contributed by atoms with Crippen LogP contribution in [0.25, 0.3) is 0 Å². The van der Waals surface area contributed by atoms with Gasteiger partial charge in [-0.3, -0.25) is 81.5 Å². The molecule has 0 rings (SSSR count). The maximum atomic E-state index is 13.4. The van der Waals surface area contributed by atoms with Crippen molar-refractivity contribution in [1.29, 1.82) is 0 Å². The third-order valence-corrected chi connectivity index (χ3v) is 12.2. The molecule has 0 aliphatic rings. The summed E-state index contributed by atoms with van der Waals surface area (Å²) in [5.41, 5.74) is 0. The lowest BCUT2D eigenvalue weighted by molar-refractivity contribution is -0.175. The van der Waals surface area contributed by atoms with E-state index < -0.39 is 234 Å². The number of esters is 11. The number of ether oxygens (including phenoxy) is 12. The van der Waals surface area contributed by atoms with Crippen LogP contribution in [0.4, 0.5) is 0 Å². The molecule has 0 radical (unpaired) electrons. The van der Waals surface area contributed by atoms with Crippen LogP contribution in [0.5, 0.6) is 0 Å². The predicted octanol–water partition coefficient (Wildman–Crippen LogP) is 3.09. The molecule has 8 unspecified atom stereocenters. The molecule has 0 amide bonds. The zero-order valence-electron chi connectivity index (χ0n) is 49.6. The lowest BCUT2D eigenvalue weighted by atomic mass is 9.99. The number of rotatable bonds is 45. The van der Waals surface area contributed by atoms with Gasteiger partial charge in [-0.2, -0.15) is 0 Å². The molecule has 0 aliphatic carbocycles. The summed E-state index contributed by atoms with van der Waals surface area (Å²) in [4.78, 5) is 212. The maximum Gasteiger partial charge on any atom is 0.317 e. The monoisotopic (exact) mass is 1210 g/mol. The van der Waals surface area contributed by atoms with Gasteiger partial charge in [0.05, 0.1) is 11.7 Å². The van der Waals surface area contributed by atoms with Gasteiger partial charge in [0.2, 0.25) is 20.4 Å². The second-order valence-corrected chi connectivity index (χ2v) is 19.2. The number of carbonyl (C=O) groups excluding carboxylic acids is 17.